The van der Waals surface area contributed by atoms with Crippen molar-refractivity contribution in [3.63, 3.8) is 0 Å². The molecule has 7 aromatic carbocycles. The van der Waals surface area contributed by atoms with E-state index in [9.17, 15) is 0 Å². The molecule has 8 aromatic rings. The predicted octanol–water partition coefficient (Wildman–Crippen LogP) is 12.1. The summed E-state index contributed by atoms with van der Waals surface area (Å²) in [6, 6.07) is 57.6. The van der Waals surface area contributed by atoms with Gasteiger partial charge in [0, 0.05) is 26.5 Å². The fourth-order valence-corrected chi connectivity index (χ4v) is 9.57. The van der Waals surface area contributed by atoms with Crippen LogP contribution < -0.4 is 0 Å². The first-order valence-electron chi connectivity index (χ1n) is 17.2. The topological polar surface area (TPSA) is 25.8 Å². The van der Waals surface area contributed by atoms with Gasteiger partial charge < -0.3 is 0 Å². The van der Waals surface area contributed by atoms with Gasteiger partial charge in [0.05, 0.1) is 16.8 Å². The van der Waals surface area contributed by atoms with Gasteiger partial charge in [0.25, 0.3) is 0 Å². The van der Waals surface area contributed by atoms with Crippen LogP contribution in [0.15, 0.2) is 168 Å². The molecule has 1 aliphatic heterocycles. The summed E-state index contributed by atoms with van der Waals surface area (Å²) in [6.45, 7) is 4.24. The van der Waals surface area contributed by atoms with Crippen molar-refractivity contribution in [3.8, 4) is 45.0 Å². The van der Waals surface area contributed by atoms with Crippen molar-refractivity contribution in [2.75, 3.05) is 0 Å². The Kier molecular flexibility index (Phi) is 6.49. The zero-order valence-corrected chi connectivity index (χ0v) is 28.6. The van der Waals surface area contributed by atoms with Gasteiger partial charge >= 0.3 is 0 Å². The van der Waals surface area contributed by atoms with Gasteiger partial charge in [-0.1, -0.05) is 175 Å². The molecule has 2 heterocycles. The van der Waals surface area contributed by atoms with Crippen LogP contribution in [-0.2, 0) is 5.41 Å². The minimum Gasteiger partial charge on any atom is -0.228 e. The molecule has 50 heavy (non-hydrogen) atoms. The Bertz CT molecular complexity index is 2530. The van der Waals surface area contributed by atoms with Crippen LogP contribution in [0.4, 0.5) is 0 Å². The molecule has 3 heteroatoms. The molecule has 1 aliphatic carbocycles. The lowest BCUT2D eigenvalue weighted by molar-refractivity contribution is 0.726. The first kappa shape index (κ1) is 29.2. The number of nitrogens with zero attached hydrogens (tertiary/aromatic N) is 2. The summed E-state index contributed by atoms with van der Waals surface area (Å²) in [6.07, 6.45) is 0. The summed E-state index contributed by atoms with van der Waals surface area (Å²) < 4.78 is 0. The molecule has 10 rings (SSSR count). The number of benzene rings is 7. The fraction of sp³-hybridized carbons (Fsp3) is 0.0638. The lowest BCUT2D eigenvalue weighted by Gasteiger charge is -2.40. The highest BCUT2D eigenvalue weighted by atomic mass is 32.2. The average Bonchev–Trinajstić information content (AvgIpc) is 3.46. The van der Waals surface area contributed by atoms with E-state index < -0.39 is 5.41 Å². The Labute approximate surface area is 296 Å². The molecule has 0 radical (unpaired) electrons. The van der Waals surface area contributed by atoms with Gasteiger partial charge in [-0.25, -0.2) is 9.97 Å². The Morgan fingerprint density at radius 1 is 0.440 bits per heavy atom. The van der Waals surface area contributed by atoms with Crippen molar-refractivity contribution in [2.24, 2.45) is 0 Å². The molecule has 0 bridgehead atoms. The normalized spacial score (nSPS) is 13.5. The van der Waals surface area contributed by atoms with Crippen LogP contribution in [0.1, 0.15) is 33.4 Å². The van der Waals surface area contributed by atoms with Crippen molar-refractivity contribution in [1.82, 2.24) is 9.97 Å². The Hall–Kier alpha value is -5.77. The minimum absolute atomic E-state index is 0.489. The molecule has 2 nitrogen and oxygen atoms in total. The summed E-state index contributed by atoms with van der Waals surface area (Å²) in [4.78, 5) is 13.2. The van der Waals surface area contributed by atoms with Crippen LogP contribution in [0.3, 0.4) is 0 Å². The minimum atomic E-state index is -0.489. The van der Waals surface area contributed by atoms with E-state index in [4.69, 9.17) is 9.97 Å². The van der Waals surface area contributed by atoms with Crippen LogP contribution in [0.25, 0.3) is 55.8 Å². The molecule has 1 spiro atoms. The number of hydrogen-bond acceptors (Lipinski definition) is 3. The summed E-state index contributed by atoms with van der Waals surface area (Å²) >= 11 is 1.87. The van der Waals surface area contributed by atoms with Crippen LogP contribution in [0.2, 0.25) is 0 Å². The molecule has 236 valence electrons. The molecule has 0 amide bonds. The van der Waals surface area contributed by atoms with Crippen molar-refractivity contribution in [1.29, 1.82) is 0 Å². The molecule has 0 N–H and O–H groups in total. The van der Waals surface area contributed by atoms with Gasteiger partial charge in [-0.05, 0) is 64.1 Å². The van der Waals surface area contributed by atoms with Gasteiger partial charge in [-0.3, -0.25) is 0 Å². The van der Waals surface area contributed by atoms with E-state index in [1.54, 1.807) is 0 Å². The summed E-state index contributed by atoms with van der Waals surface area (Å²) in [5.41, 5.74) is 14.9. The third-order valence-corrected chi connectivity index (χ3v) is 11.8. The van der Waals surface area contributed by atoms with E-state index in [1.807, 2.05) is 11.8 Å². The Morgan fingerprint density at radius 3 is 1.60 bits per heavy atom. The van der Waals surface area contributed by atoms with Crippen molar-refractivity contribution < 1.29 is 0 Å². The molecule has 0 fully saturated rings. The second-order valence-electron chi connectivity index (χ2n) is 13.5. The van der Waals surface area contributed by atoms with Crippen molar-refractivity contribution in [3.05, 3.63) is 191 Å². The molecule has 1 aromatic heterocycles. The highest BCUT2D eigenvalue weighted by molar-refractivity contribution is 8.00. The Balaban J connectivity index is 1.30. The number of rotatable bonds is 3. The lowest BCUT2D eigenvalue weighted by Crippen LogP contribution is -2.32. The number of aromatic nitrogens is 2. The molecule has 0 saturated heterocycles. The second kappa shape index (κ2) is 11.1. The quantitative estimate of drug-likeness (QED) is 0.189. The zero-order valence-electron chi connectivity index (χ0n) is 27.8. The number of fused-ring (bicyclic) bond motifs is 11. The number of hydrogen-bond donors (Lipinski definition) is 0. The highest BCUT2D eigenvalue weighted by Gasteiger charge is 2.51. The van der Waals surface area contributed by atoms with Gasteiger partial charge in [0.2, 0.25) is 0 Å². The first-order chi connectivity index (χ1) is 24.6. The third kappa shape index (κ3) is 4.23. The van der Waals surface area contributed by atoms with E-state index in [1.165, 1.54) is 65.1 Å². The lowest BCUT2D eigenvalue weighted by atomic mass is 9.66. The van der Waals surface area contributed by atoms with Gasteiger partial charge in [0.15, 0.2) is 5.82 Å². The molecular formula is C47H32N2S. The third-order valence-electron chi connectivity index (χ3n) is 10.5. The van der Waals surface area contributed by atoms with Crippen LogP contribution in [0, 0.1) is 13.8 Å². The second-order valence-corrected chi connectivity index (χ2v) is 14.5. The first-order valence-corrected chi connectivity index (χ1v) is 18.0. The molecular weight excluding hydrogens is 625 g/mol. The largest absolute Gasteiger partial charge is 0.228 e. The monoisotopic (exact) mass is 656 g/mol. The van der Waals surface area contributed by atoms with Gasteiger partial charge in [-0.2, -0.15) is 0 Å². The van der Waals surface area contributed by atoms with E-state index in [0.717, 1.165) is 33.9 Å². The zero-order chi connectivity index (χ0) is 33.4. The maximum atomic E-state index is 5.35. The maximum absolute atomic E-state index is 5.35. The summed E-state index contributed by atoms with van der Waals surface area (Å²) in [5, 5.41) is 2.51. The predicted molar refractivity (Wildman–Crippen MR) is 207 cm³/mol. The van der Waals surface area contributed by atoms with Gasteiger partial charge in [-0.15, -0.1) is 0 Å². The summed E-state index contributed by atoms with van der Waals surface area (Å²) in [5.74, 6) is 0.737. The van der Waals surface area contributed by atoms with E-state index >= 15 is 0 Å². The molecule has 0 atom stereocenters. The highest BCUT2D eigenvalue weighted by Crippen LogP contribution is 2.64. The molecule has 2 aliphatic rings. The van der Waals surface area contributed by atoms with Gasteiger partial charge in [0.1, 0.15) is 0 Å². The van der Waals surface area contributed by atoms with Crippen LogP contribution >= 0.6 is 11.8 Å². The van der Waals surface area contributed by atoms with E-state index in [2.05, 4.69) is 172 Å². The van der Waals surface area contributed by atoms with Crippen molar-refractivity contribution >= 4 is 22.5 Å². The van der Waals surface area contributed by atoms with Crippen molar-refractivity contribution in [2.45, 2.75) is 29.1 Å². The van der Waals surface area contributed by atoms with E-state index in [0.29, 0.717) is 0 Å². The standard InChI is InChI=1S/C47H32N2S/c1-29-18-22-32(23-19-29)42-28-43(33-24-20-30(2)21-25-33)49-46(48-42)37-14-9-17-40-45(37)50-44-34-11-4-3-10-31(34)26-27-41(44)47(40)38-15-7-5-12-35(38)36-13-6-8-16-39(36)47/h3-28H,1-2H3. The summed E-state index contributed by atoms with van der Waals surface area (Å²) in [7, 11) is 0. The van der Waals surface area contributed by atoms with Crippen LogP contribution in [0.5, 0.6) is 0 Å². The SMILES string of the molecule is Cc1ccc(-c2cc(-c3ccc(C)cc3)nc(-c3cccc4c3Sc3c(ccc5ccccc35)C43c4ccccc4-c4ccccc43)n2)cc1. The molecule has 0 saturated carbocycles. The smallest absolute Gasteiger partial charge is 0.161 e. The van der Waals surface area contributed by atoms with Crippen LogP contribution in [-0.4, -0.2) is 9.97 Å². The average molecular weight is 657 g/mol. The maximum Gasteiger partial charge on any atom is 0.161 e. The Morgan fingerprint density at radius 2 is 0.960 bits per heavy atom. The number of aryl methyl sites for hydroxylation is 2. The van der Waals surface area contributed by atoms with E-state index in [-0.39, 0.29) is 0 Å². The fourth-order valence-electron chi connectivity index (χ4n) is 8.14. The molecule has 0 unspecified atom stereocenters.